The smallest absolute Gasteiger partial charge is 0.251 e. The highest BCUT2D eigenvalue weighted by Crippen LogP contribution is 2.30. The first kappa shape index (κ1) is 15.9. The standard InChI is InChI=1S/C18H22N4O3/c1-11(2)17-21-20-16-6-4-13(10-22(16)17)19-18(23)12-3-5-14-15(9-12)25-8-7-24-14/h3,5,9,11,13H,4,6-8,10H2,1-2H3,(H,19,23)/t13-/m1/s1. The molecule has 0 saturated heterocycles. The van der Waals surface area contributed by atoms with Crippen LogP contribution in [0.1, 0.15) is 48.2 Å². The minimum absolute atomic E-state index is 0.0710. The van der Waals surface area contributed by atoms with Gasteiger partial charge in [0.2, 0.25) is 0 Å². The SMILES string of the molecule is CC(C)c1nnc2n1C[C@H](NC(=O)c1ccc3c(c1)OCCO3)CC2. The molecule has 7 heteroatoms. The van der Waals surface area contributed by atoms with E-state index < -0.39 is 0 Å². The number of nitrogens with zero attached hydrogens (tertiary/aromatic N) is 3. The summed E-state index contributed by atoms with van der Waals surface area (Å²) in [7, 11) is 0. The average Bonchev–Trinajstić information content (AvgIpc) is 3.04. The van der Waals surface area contributed by atoms with Gasteiger partial charge in [-0.2, -0.15) is 0 Å². The van der Waals surface area contributed by atoms with Crippen LogP contribution < -0.4 is 14.8 Å². The van der Waals surface area contributed by atoms with Crippen LogP contribution >= 0.6 is 0 Å². The summed E-state index contributed by atoms with van der Waals surface area (Å²) < 4.78 is 13.2. The van der Waals surface area contributed by atoms with Crippen LogP contribution in [0.4, 0.5) is 0 Å². The lowest BCUT2D eigenvalue weighted by atomic mass is 10.1. The maximum Gasteiger partial charge on any atom is 0.251 e. The lowest BCUT2D eigenvalue weighted by Crippen LogP contribution is -2.41. The molecule has 0 bridgehead atoms. The third-order valence-corrected chi connectivity index (χ3v) is 4.63. The Hall–Kier alpha value is -2.57. The van der Waals surface area contributed by atoms with Gasteiger partial charge in [-0.1, -0.05) is 13.8 Å². The number of carbonyl (C=O) groups is 1. The van der Waals surface area contributed by atoms with E-state index in [4.69, 9.17) is 9.47 Å². The van der Waals surface area contributed by atoms with Crippen LogP contribution in [0.5, 0.6) is 11.5 Å². The predicted octanol–water partition coefficient (Wildman–Crippen LogP) is 1.92. The van der Waals surface area contributed by atoms with Crippen LogP contribution in [-0.4, -0.2) is 39.9 Å². The molecule has 1 aromatic carbocycles. The van der Waals surface area contributed by atoms with Crippen LogP contribution in [0, 0.1) is 0 Å². The molecular formula is C18H22N4O3. The van der Waals surface area contributed by atoms with Crippen molar-refractivity contribution < 1.29 is 14.3 Å². The second-order valence-corrected chi connectivity index (χ2v) is 6.81. The number of amides is 1. The molecule has 0 spiro atoms. The number of nitrogens with one attached hydrogen (secondary N) is 1. The van der Waals surface area contributed by atoms with Crippen molar-refractivity contribution in [3.63, 3.8) is 0 Å². The quantitative estimate of drug-likeness (QED) is 0.922. The largest absolute Gasteiger partial charge is 0.486 e. The van der Waals surface area contributed by atoms with Crippen LogP contribution in [-0.2, 0) is 13.0 Å². The van der Waals surface area contributed by atoms with Gasteiger partial charge >= 0.3 is 0 Å². The maximum atomic E-state index is 12.6. The van der Waals surface area contributed by atoms with Crippen molar-refractivity contribution in [1.82, 2.24) is 20.1 Å². The lowest BCUT2D eigenvalue weighted by molar-refractivity contribution is 0.0926. The van der Waals surface area contributed by atoms with Crippen molar-refractivity contribution in [2.24, 2.45) is 0 Å². The zero-order chi connectivity index (χ0) is 17.4. The first-order valence-electron chi connectivity index (χ1n) is 8.74. The van der Waals surface area contributed by atoms with Gasteiger partial charge in [-0.05, 0) is 24.6 Å². The molecular weight excluding hydrogens is 320 g/mol. The monoisotopic (exact) mass is 342 g/mol. The van der Waals surface area contributed by atoms with Crippen molar-refractivity contribution in [1.29, 1.82) is 0 Å². The molecule has 3 heterocycles. The minimum Gasteiger partial charge on any atom is -0.486 e. The number of carbonyl (C=O) groups excluding carboxylic acids is 1. The summed E-state index contributed by atoms with van der Waals surface area (Å²) in [6.07, 6.45) is 1.69. The molecule has 0 aliphatic carbocycles. The number of rotatable bonds is 3. The van der Waals surface area contributed by atoms with Crippen LogP contribution in [0.2, 0.25) is 0 Å². The van der Waals surface area contributed by atoms with E-state index in [0.717, 1.165) is 24.5 Å². The number of hydrogen-bond donors (Lipinski definition) is 1. The molecule has 2 aliphatic heterocycles. The van der Waals surface area contributed by atoms with Gasteiger partial charge in [-0.3, -0.25) is 4.79 Å². The highest BCUT2D eigenvalue weighted by atomic mass is 16.6. The highest BCUT2D eigenvalue weighted by molar-refractivity contribution is 5.95. The third kappa shape index (κ3) is 3.06. The topological polar surface area (TPSA) is 78.3 Å². The van der Waals surface area contributed by atoms with E-state index in [0.29, 0.717) is 42.7 Å². The van der Waals surface area contributed by atoms with E-state index >= 15 is 0 Å². The van der Waals surface area contributed by atoms with E-state index in [9.17, 15) is 4.79 Å². The minimum atomic E-state index is -0.0930. The molecule has 4 rings (SSSR count). The van der Waals surface area contributed by atoms with Crippen LogP contribution in [0.3, 0.4) is 0 Å². The fraction of sp³-hybridized carbons (Fsp3) is 0.500. The number of aryl methyl sites for hydroxylation is 1. The van der Waals surface area contributed by atoms with Crippen molar-refractivity contribution in [3.05, 3.63) is 35.4 Å². The molecule has 2 aromatic rings. The normalized spacial score (nSPS) is 18.8. The van der Waals surface area contributed by atoms with Crippen LogP contribution in [0.25, 0.3) is 0 Å². The second-order valence-electron chi connectivity index (χ2n) is 6.81. The fourth-order valence-electron chi connectivity index (χ4n) is 3.35. The van der Waals surface area contributed by atoms with Crippen molar-refractivity contribution in [2.45, 2.75) is 45.2 Å². The summed E-state index contributed by atoms with van der Waals surface area (Å²) in [5, 5.41) is 11.7. The molecule has 0 unspecified atom stereocenters. The number of ether oxygens (including phenoxy) is 2. The van der Waals surface area contributed by atoms with Crippen molar-refractivity contribution in [3.8, 4) is 11.5 Å². The summed E-state index contributed by atoms with van der Waals surface area (Å²) in [5.74, 6) is 3.53. The molecule has 132 valence electrons. The Balaban J connectivity index is 1.47. The van der Waals surface area contributed by atoms with Gasteiger partial charge < -0.3 is 19.4 Å². The molecule has 7 nitrogen and oxygen atoms in total. The summed E-state index contributed by atoms with van der Waals surface area (Å²) in [6.45, 7) is 5.98. The van der Waals surface area contributed by atoms with Gasteiger partial charge in [0.05, 0.1) is 0 Å². The van der Waals surface area contributed by atoms with Gasteiger partial charge in [0.1, 0.15) is 24.9 Å². The van der Waals surface area contributed by atoms with E-state index in [1.807, 2.05) is 0 Å². The fourth-order valence-corrected chi connectivity index (χ4v) is 3.35. The predicted molar refractivity (Wildman–Crippen MR) is 91.1 cm³/mol. The molecule has 1 aromatic heterocycles. The number of benzene rings is 1. The van der Waals surface area contributed by atoms with Gasteiger partial charge in [0, 0.05) is 30.5 Å². The van der Waals surface area contributed by atoms with Gasteiger partial charge in [0.15, 0.2) is 11.5 Å². The van der Waals surface area contributed by atoms with Crippen molar-refractivity contribution >= 4 is 5.91 Å². The summed E-state index contributed by atoms with van der Waals surface area (Å²) >= 11 is 0. The Bertz CT molecular complexity index is 800. The lowest BCUT2D eigenvalue weighted by Gasteiger charge is -2.26. The Labute approximate surface area is 146 Å². The maximum absolute atomic E-state index is 12.6. The number of aromatic nitrogens is 3. The molecule has 0 fully saturated rings. The highest BCUT2D eigenvalue weighted by Gasteiger charge is 2.25. The van der Waals surface area contributed by atoms with Crippen molar-refractivity contribution in [2.75, 3.05) is 13.2 Å². The summed E-state index contributed by atoms with van der Waals surface area (Å²) in [4.78, 5) is 12.6. The number of hydrogen-bond acceptors (Lipinski definition) is 5. The van der Waals surface area contributed by atoms with Gasteiger partial charge in [-0.25, -0.2) is 0 Å². The first-order chi connectivity index (χ1) is 12.1. The van der Waals surface area contributed by atoms with E-state index in [1.54, 1.807) is 18.2 Å². The Morgan fingerprint density at radius 3 is 2.84 bits per heavy atom. The van der Waals surface area contributed by atoms with E-state index in [-0.39, 0.29) is 11.9 Å². The average molecular weight is 342 g/mol. The third-order valence-electron chi connectivity index (χ3n) is 4.63. The molecule has 0 radical (unpaired) electrons. The molecule has 1 amide bonds. The van der Waals surface area contributed by atoms with Gasteiger partial charge in [0.25, 0.3) is 5.91 Å². The Morgan fingerprint density at radius 1 is 1.24 bits per heavy atom. The van der Waals surface area contributed by atoms with Gasteiger partial charge in [-0.15, -0.1) is 10.2 Å². The molecule has 25 heavy (non-hydrogen) atoms. The Morgan fingerprint density at radius 2 is 2.04 bits per heavy atom. The summed E-state index contributed by atoms with van der Waals surface area (Å²) in [6, 6.07) is 5.38. The Kier molecular flexibility index (Phi) is 4.07. The molecule has 1 atom stereocenters. The van der Waals surface area contributed by atoms with E-state index in [1.165, 1.54) is 0 Å². The second kappa shape index (κ2) is 6.38. The first-order valence-corrected chi connectivity index (χ1v) is 8.74. The molecule has 1 N–H and O–H groups in total. The zero-order valence-electron chi connectivity index (χ0n) is 14.5. The zero-order valence-corrected chi connectivity index (χ0v) is 14.5. The molecule has 2 aliphatic rings. The van der Waals surface area contributed by atoms with E-state index in [2.05, 4.69) is 33.9 Å². The summed E-state index contributed by atoms with van der Waals surface area (Å²) in [5.41, 5.74) is 0.586. The number of fused-ring (bicyclic) bond motifs is 2. The molecule has 0 saturated carbocycles. The van der Waals surface area contributed by atoms with Crippen LogP contribution in [0.15, 0.2) is 18.2 Å².